The molecular formula is C27H38O6. The SMILES string of the molecule is CCCCCC/C(C)=C/C=C(\C)C(=O)c1c(O)cc(C(C)CC/C=C/CC(=O)OC)oc1=O. The van der Waals surface area contributed by atoms with Crippen LogP contribution in [0.4, 0.5) is 0 Å². The van der Waals surface area contributed by atoms with E-state index in [1.54, 1.807) is 19.1 Å². The number of methoxy groups -OCH3 is 1. The van der Waals surface area contributed by atoms with Crippen molar-refractivity contribution in [2.45, 2.75) is 85.0 Å². The van der Waals surface area contributed by atoms with Crippen LogP contribution in [0, 0.1) is 0 Å². The molecule has 1 heterocycles. The first-order valence-electron chi connectivity index (χ1n) is 11.7. The van der Waals surface area contributed by atoms with Crippen molar-refractivity contribution in [3.05, 3.63) is 63.3 Å². The van der Waals surface area contributed by atoms with Gasteiger partial charge in [0.2, 0.25) is 0 Å². The van der Waals surface area contributed by atoms with E-state index in [1.807, 2.05) is 26.0 Å². The molecule has 1 N–H and O–H groups in total. The maximum Gasteiger partial charge on any atom is 0.351 e. The summed E-state index contributed by atoms with van der Waals surface area (Å²) in [6.45, 7) is 7.69. The van der Waals surface area contributed by atoms with Gasteiger partial charge in [0, 0.05) is 12.0 Å². The Labute approximate surface area is 197 Å². The van der Waals surface area contributed by atoms with Gasteiger partial charge in [-0.15, -0.1) is 0 Å². The van der Waals surface area contributed by atoms with Crippen molar-refractivity contribution in [1.29, 1.82) is 0 Å². The van der Waals surface area contributed by atoms with Gasteiger partial charge in [0.1, 0.15) is 17.1 Å². The summed E-state index contributed by atoms with van der Waals surface area (Å²) in [5, 5.41) is 10.4. The van der Waals surface area contributed by atoms with E-state index < -0.39 is 11.4 Å². The number of Topliss-reactive ketones (excluding diaryl/α,β-unsaturated/α-hetero) is 1. The second kappa shape index (κ2) is 15.0. The van der Waals surface area contributed by atoms with Crippen molar-refractivity contribution in [3.63, 3.8) is 0 Å². The second-order valence-electron chi connectivity index (χ2n) is 8.43. The van der Waals surface area contributed by atoms with Crippen molar-refractivity contribution < 1.29 is 23.8 Å². The molecule has 1 atom stereocenters. The zero-order valence-electron chi connectivity index (χ0n) is 20.6. The molecule has 0 aliphatic carbocycles. The monoisotopic (exact) mass is 458 g/mol. The van der Waals surface area contributed by atoms with E-state index in [0.29, 0.717) is 24.2 Å². The molecule has 0 spiro atoms. The van der Waals surface area contributed by atoms with Gasteiger partial charge >= 0.3 is 11.6 Å². The Morgan fingerprint density at radius 1 is 1.15 bits per heavy atom. The van der Waals surface area contributed by atoms with Gasteiger partial charge in [-0.3, -0.25) is 9.59 Å². The third-order valence-corrected chi connectivity index (χ3v) is 5.51. The average molecular weight is 459 g/mol. The minimum Gasteiger partial charge on any atom is -0.507 e. The second-order valence-corrected chi connectivity index (χ2v) is 8.43. The summed E-state index contributed by atoms with van der Waals surface area (Å²) in [5.41, 5.74) is 0.351. The van der Waals surface area contributed by atoms with Gasteiger partial charge in [-0.05, 0) is 45.1 Å². The van der Waals surface area contributed by atoms with Crippen LogP contribution in [0.25, 0.3) is 0 Å². The van der Waals surface area contributed by atoms with Crippen molar-refractivity contribution in [2.24, 2.45) is 0 Å². The van der Waals surface area contributed by atoms with E-state index in [0.717, 1.165) is 12.8 Å². The number of carbonyl (C=O) groups excluding carboxylic acids is 2. The zero-order chi connectivity index (χ0) is 24.8. The summed E-state index contributed by atoms with van der Waals surface area (Å²) in [6, 6.07) is 1.35. The Morgan fingerprint density at radius 2 is 1.88 bits per heavy atom. The minimum absolute atomic E-state index is 0.148. The molecule has 0 aliphatic rings. The highest BCUT2D eigenvalue weighted by Crippen LogP contribution is 2.26. The fourth-order valence-corrected chi connectivity index (χ4v) is 3.27. The Kier molecular flexibility index (Phi) is 12.8. The Balaban J connectivity index is 2.82. The molecule has 0 aromatic carbocycles. The summed E-state index contributed by atoms with van der Waals surface area (Å²) in [7, 11) is 1.34. The number of rotatable bonds is 14. The van der Waals surface area contributed by atoms with Gasteiger partial charge in [0.15, 0.2) is 5.78 Å². The van der Waals surface area contributed by atoms with Gasteiger partial charge in [-0.25, -0.2) is 4.79 Å². The molecule has 1 rings (SSSR count). The predicted molar refractivity (Wildman–Crippen MR) is 131 cm³/mol. The number of allylic oxidation sites excluding steroid dienone is 5. The van der Waals surface area contributed by atoms with Gasteiger partial charge in [0.05, 0.1) is 13.5 Å². The molecule has 0 aliphatic heterocycles. The van der Waals surface area contributed by atoms with E-state index in [-0.39, 0.29) is 29.6 Å². The maximum atomic E-state index is 12.7. The Bertz CT molecular complexity index is 932. The molecule has 0 saturated carbocycles. The lowest BCUT2D eigenvalue weighted by Gasteiger charge is -2.11. The van der Waals surface area contributed by atoms with Crippen LogP contribution in [0.2, 0.25) is 0 Å². The number of ether oxygens (including phenoxy) is 1. The number of esters is 1. The van der Waals surface area contributed by atoms with Crippen LogP contribution in [-0.4, -0.2) is 24.0 Å². The number of hydrogen-bond acceptors (Lipinski definition) is 6. The highest BCUT2D eigenvalue weighted by Gasteiger charge is 2.21. The van der Waals surface area contributed by atoms with Crippen LogP contribution in [0.5, 0.6) is 5.75 Å². The van der Waals surface area contributed by atoms with Crippen LogP contribution >= 0.6 is 0 Å². The normalized spacial score (nSPS) is 13.4. The summed E-state index contributed by atoms with van der Waals surface area (Å²) < 4.78 is 9.93. The molecule has 1 aromatic rings. The van der Waals surface area contributed by atoms with Crippen LogP contribution in [0.15, 0.2) is 50.7 Å². The zero-order valence-corrected chi connectivity index (χ0v) is 20.6. The summed E-state index contributed by atoms with van der Waals surface area (Å²) in [6.07, 6.45) is 14.4. The van der Waals surface area contributed by atoms with Gasteiger partial charge in [0.25, 0.3) is 0 Å². The van der Waals surface area contributed by atoms with E-state index in [9.17, 15) is 19.5 Å². The van der Waals surface area contributed by atoms with Gasteiger partial charge in [-0.1, -0.05) is 63.0 Å². The molecule has 1 unspecified atom stereocenters. The number of unbranched alkanes of at least 4 members (excludes halogenated alkanes) is 3. The lowest BCUT2D eigenvalue weighted by molar-refractivity contribution is -0.139. The standard InChI is InChI=1S/C27H38O6/c1-6-7-8-10-13-19(2)16-17-21(4)26(30)25-22(28)18-23(33-27(25)31)20(3)14-11-9-12-15-24(29)32-5/h9,12,16-18,20,28H,6-8,10-11,13-15H2,1-5H3/b12-9+,19-16+,21-17+. The van der Waals surface area contributed by atoms with Crippen LogP contribution < -0.4 is 5.63 Å². The number of ketones is 1. The summed E-state index contributed by atoms with van der Waals surface area (Å²) >= 11 is 0. The molecule has 6 heteroatoms. The molecule has 33 heavy (non-hydrogen) atoms. The average Bonchev–Trinajstić information content (AvgIpc) is 2.78. The number of hydrogen-bond donors (Lipinski definition) is 1. The van der Waals surface area contributed by atoms with Gasteiger partial charge in [-0.2, -0.15) is 0 Å². The van der Waals surface area contributed by atoms with Crippen molar-refractivity contribution >= 4 is 11.8 Å². The molecular weight excluding hydrogens is 420 g/mol. The van der Waals surface area contributed by atoms with Crippen LogP contribution in [-0.2, 0) is 9.53 Å². The van der Waals surface area contributed by atoms with Crippen molar-refractivity contribution in [1.82, 2.24) is 0 Å². The lowest BCUT2D eigenvalue weighted by Crippen LogP contribution is -2.16. The Hall–Kier alpha value is -2.89. The van der Waals surface area contributed by atoms with Crippen LogP contribution in [0.1, 0.15) is 101 Å². The van der Waals surface area contributed by atoms with E-state index >= 15 is 0 Å². The first kappa shape index (κ1) is 28.1. The maximum absolute atomic E-state index is 12.7. The minimum atomic E-state index is -0.837. The van der Waals surface area contributed by atoms with Crippen LogP contribution in [0.3, 0.4) is 0 Å². The molecule has 0 bridgehead atoms. The molecule has 0 amide bonds. The van der Waals surface area contributed by atoms with E-state index in [2.05, 4.69) is 11.7 Å². The summed E-state index contributed by atoms with van der Waals surface area (Å²) in [5.74, 6) is -1.05. The largest absolute Gasteiger partial charge is 0.507 e. The number of carbonyl (C=O) groups is 2. The third kappa shape index (κ3) is 10.1. The molecule has 0 radical (unpaired) electrons. The first-order chi connectivity index (χ1) is 15.7. The van der Waals surface area contributed by atoms with Gasteiger partial charge < -0.3 is 14.3 Å². The van der Waals surface area contributed by atoms with Crippen molar-refractivity contribution in [2.75, 3.05) is 7.11 Å². The smallest absolute Gasteiger partial charge is 0.351 e. The van der Waals surface area contributed by atoms with E-state index in [4.69, 9.17) is 4.42 Å². The topological polar surface area (TPSA) is 93.8 Å². The highest BCUT2D eigenvalue weighted by molar-refractivity contribution is 6.09. The summed E-state index contributed by atoms with van der Waals surface area (Å²) in [4.78, 5) is 36.3. The fourth-order valence-electron chi connectivity index (χ4n) is 3.27. The molecule has 6 nitrogen and oxygen atoms in total. The molecule has 1 aromatic heterocycles. The Morgan fingerprint density at radius 3 is 2.52 bits per heavy atom. The fraction of sp³-hybridized carbons (Fsp3) is 0.519. The van der Waals surface area contributed by atoms with Crippen molar-refractivity contribution in [3.8, 4) is 5.75 Å². The number of aromatic hydroxyl groups is 1. The van der Waals surface area contributed by atoms with E-state index in [1.165, 1.54) is 38.0 Å². The molecule has 0 saturated heterocycles. The molecule has 182 valence electrons. The molecule has 0 fully saturated rings. The third-order valence-electron chi connectivity index (χ3n) is 5.51. The highest BCUT2D eigenvalue weighted by atomic mass is 16.5. The predicted octanol–water partition coefficient (Wildman–Crippen LogP) is 6.39. The quantitative estimate of drug-likeness (QED) is 0.0866. The lowest BCUT2D eigenvalue weighted by atomic mass is 9.99. The first-order valence-corrected chi connectivity index (χ1v) is 11.7.